The van der Waals surface area contributed by atoms with Crippen LogP contribution in [-0.2, 0) is 11.2 Å². The molecular formula is C21H24ClNO. The van der Waals surface area contributed by atoms with Crippen LogP contribution in [0.2, 0.25) is 5.02 Å². The fourth-order valence-corrected chi connectivity index (χ4v) is 3.95. The van der Waals surface area contributed by atoms with Crippen molar-refractivity contribution in [2.45, 2.75) is 39.2 Å². The zero-order valence-corrected chi connectivity index (χ0v) is 15.1. The molecule has 0 aliphatic carbocycles. The maximum atomic E-state index is 13.1. The van der Waals surface area contributed by atoms with Crippen molar-refractivity contribution in [1.29, 1.82) is 0 Å². The van der Waals surface area contributed by atoms with Gasteiger partial charge in [0.15, 0.2) is 0 Å². The molecule has 0 unspecified atom stereocenters. The van der Waals surface area contributed by atoms with Crippen LogP contribution in [0.1, 0.15) is 49.4 Å². The molecule has 0 fully saturated rings. The van der Waals surface area contributed by atoms with E-state index in [2.05, 4.69) is 32.0 Å². The van der Waals surface area contributed by atoms with Crippen LogP contribution in [0.15, 0.2) is 48.5 Å². The van der Waals surface area contributed by atoms with E-state index in [1.54, 1.807) is 0 Å². The number of hydrogen-bond acceptors (Lipinski definition) is 1. The molecule has 1 atom stereocenters. The molecule has 1 aliphatic heterocycles. The van der Waals surface area contributed by atoms with Crippen LogP contribution in [-0.4, -0.2) is 17.4 Å². The Morgan fingerprint density at radius 1 is 1.08 bits per heavy atom. The van der Waals surface area contributed by atoms with Crippen molar-refractivity contribution in [3.63, 3.8) is 0 Å². The van der Waals surface area contributed by atoms with Gasteiger partial charge in [-0.05, 0) is 42.0 Å². The molecule has 1 heterocycles. The van der Waals surface area contributed by atoms with Gasteiger partial charge in [0, 0.05) is 17.5 Å². The predicted molar refractivity (Wildman–Crippen MR) is 99.2 cm³/mol. The normalized spacial score (nSPS) is 17.0. The largest absolute Gasteiger partial charge is 0.331 e. The lowest BCUT2D eigenvalue weighted by Gasteiger charge is -2.39. The van der Waals surface area contributed by atoms with Crippen molar-refractivity contribution in [3.8, 4) is 0 Å². The zero-order valence-electron chi connectivity index (χ0n) is 14.3. The minimum atomic E-state index is -0.0863. The smallest absolute Gasteiger partial charge is 0.226 e. The maximum Gasteiger partial charge on any atom is 0.226 e. The Hall–Kier alpha value is -1.80. The van der Waals surface area contributed by atoms with E-state index < -0.39 is 0 Å². The fraction of sp³-hybridized carbons (Fsp3) is 0.381. The second-order valence-electron chi connectivity index (χ2n) is 6.42. The summed E-state index contributed by atoms with van der Waals surface area (Å²) in [5.74, 6) is 0.333. The Balaban J connectivity index is 2.09. The summed E-state index contributed by atoms with van der Waals surface area (Å²) in [5, 5.41) is 0.724. The first-order valence-corrected chi connectivity index (χ1v) is 9.17. The van der Waals surface area contributed by atoms with Gasteiger partial charge in [-0.3, -0.25) is 4.79 Å². The van der Waals surface area contributed by atoms with Crippen LogP contribution in [0.3, 0.4) is 0 Å². The Labute approximate surface area is 149 Å². The first-order valence-electron chi connectivity index (χ1n) is 8.80. The number of rotatable bonds is 4. The molecule has 2 aromatic carbocycles. The van der Waals surface area contributed by atoms with Gasteiger partial charge < -0.3 is 4.90 Å². The van der Waals surface area contributed by atoms with Gasteiger partial charge >= 0.3 is 0 Å². The van der Waals surface area contributed by atoms with E-state index in [-0.39, 0.29) is 17.9 Å². The third-order valence-electron chi connectivity index (χ3n) is 5.10. The third kappa shape index (κ3) is 3.08. The van der Waals surface area contributed by atoms with Crippen LogP contribution in [0.25, 0.3) is 0 Å². The minimum Gasteiger partial charge on any atom is -0.331 e. The highest BCUT2D eigenvalue weighted by Crippen LogP contribution is 2.39. The molecule has 0 spiro atoms. The van der Waals surface area contributed by atoms with Crippen molar-refractivity contribution in [1.82, 2.24) is 4.90 Å². The van der Waals surface area contributed by atoms with Gasteiger partial charge in [-0.2, -0.15) is 0 Å². The number of hydrogen-bond donors (Lipinski definition) is 0. The quantitative estimate of drug-likeness (QED) is 0.743. The first kappa shape index (κ1) is 17.0. The topological polar surface area (TPSA) is 20.3 Å². The average molecular weight is 342 g/mol. The highest BCUT2D eigenvalue weighted by Gasteiger charge is 2.34. The van der Waals surface area contributed by atoms with E-state index in [9.17, 15) is 4.79 Å². The lowest BCUT2D eigenvalue weighted by molar-refractivity contribution is -0.137. The average Bonchev–Trinajstić information content (AvgIpc) is 2.62. The maximum absolute atomic E-state index is 13.1. The number of nitrogens with zero attached hydrogens (tertiary/aromatic N) is 1. The van der Waals surface area contributed by atoms with E-state index in [0.717, 1.165) is 36.4 Å². The number of carbonyl (C=O) groups excluding carboxylic acids is 1. The Kier molecular flexibility index (Phi) is 5.25. The molecule has 0 saturated heterocycles. The molecule has 2 aromatic rings. The monoisotopic (exact) mass is 341 g/mol. The Morgan fingerprint density at radius 2 is 1.71 bits per heavy atom. The molecule has 0 N–H and O–H groups in total. The molecule has 0 bridgehead atoms. The predicted octanol–water partition coefficient (Wildman–Crippen LogP) is 5.25. The molecule has 0 saturated carbocycles. The third-order valence-corrected chi connectivity index (χ3v) is 5.45. The summed E-state index contributed by atoms with van der Waals surface area (Å²) in [5.41, 5.74) is 3.54. The SMILES string of the molecule is CCC(CC)C(=O)N1CCc2ccccc2[C@H]1c1ccccc1Cl. The number of amides is 1. The van der Waals surface area contributed by atoms with Gasteiger partial charge in [-0.25, -0.2) is 0 Å². The van der Waals surface area contributed by atoms with Gasteiger partial charge in [0.05, 0.1) is 6.04 Å². The summed E-state index contributed by atoms with van der Waals surface area (Å²) in [6.07, 6.45) is 2.66. The van der Waals surface area contributed by atoms with E-state index in [4.69, 9.17) is 11.6 Å². The summed E-state index contributed by atoms with van der Waals surface area (Å²) in [7, 11) is 0. The van der Waals surface area contributed by atoms with Crippen LogP contribution in [0, 0.1) is 5.92 Å². The molecule has 3 heteroatoms. The van der Waals surface area contributed by atoms with Crippen LogP contribution >= 0.6 is 11.6 Å². The lowest BCUT2D eigenvalue weighted by atomic mass is 9.86. The highest BCUT2D eigenvalue weighted by molar-refractivity contribution is 6.31. The van der Waals surface area contributed by atoms with Crippen molar-refractivity contribution in [2.75, 3.05) is 6.54 Å². The minimum absolute atomic E-state index is 0.0836. The van der Waals surface area contributed by atoms with Gasteiger partial charge in [0.2, 0.25) is 5.91 Å². The lowest BCUT2D eigenvalue weighted by Crippen LogP contribution is -2.43. The summed E-state index contributed by atoms with van der Waals surface area (Å²) < 4.78 is 0. The van der Waals surface area contributed by atoms with Gasteiger partial charge in [-0.1, -0.05) is 67.9 Å². The number of halogens is 1. The molecule has 2 nitrogen and oxygen atoms in total. The zero-order chi connectivity index (χ0) is 17.1. The van der Waals surface area contributed by atoms with Crippen molar-refractivity contribution >= 4 is 17.5 Å². The number of fused-ring (bicyclic) bond motifs is 1. The summed E-state index contributed by atoms with van der Waals surface area (Å²) >= 11 is 6.50. The summed E-state index contributed by atoms with van der Waals surface area (Å²) in [6.45, 7) is 4.94. The Morgan fingerprint density at radius 3 is 2.38 bits per heavy atom. The van der Waals surface area contributed by atoms with Crippen molar-refractivity contribution in [3.05, 3.63) is 70.2 Å². The number of carbonyl (C=O) groups is 1. The Bertz CT molecular complexity index is 723. The first-order chi connectivity index (χ1) is 11.7. The van der Waals surface area contributed by atoms with E-state index in [1.165, 1.54) is 11.1 Å². The fourth-order valence-electron chi connectivity index (χ4n) is 3.71. The molecule has 0 aromatic heterocycles. The highest BCUT2D eigenvalue weighted by atomic mass is 35.5. The summed E-state index contributed by atoms with van der Waals surface area (Å²) in [6, 6.07) is 16.2. The van der Waals surface area contributed by atoms with E-state index in [1.807, 2.05) is 35.2 Å². The number of benzene rings is 2. The van der Waals surface area contributed by atoms with Crippen LogP contribution in [0.4, 0.5) is 0 Å². The standard InChI is InChI=1S/C21H24ClNO/c1-3-15(4-2)21(24)23-14-13-16-9-5-6-10-17(16)20(23)18-11-7-8-12-19(18)22/h5-12,15,20H,3-4,13-14H2,1-2H3/t20-/m0/s1. The van der Waals surface area contributed by atoms with Crippen LogP contribution < -0.4 is 0 Å². The second kappa shape index (κ2) is 7.40. The molecule has 1 amide bonds. The molecule has 3 rings (SSSR count). The summed E-state index contributed by atoms with van der Waals surface area (Å²) in [4.78, 5) is 15.2. The van der Waals surface area contributed by atoms with E-state index in [0.29, 0.717) is 0 Å². The molecule has 1 aliphatic rings. The van der Waals surface area contributed by atoms with Gasteiger partial charge in [-0.15, -0.1) is 0 Å². The van der Waals surface area contributed by atoms with Crippen LogP contribution in [0.5, 0.6) is 0 Å². The van der Waals surface area contributed by atoms with Gasteiger partial charge in [0.25, 0.3) is 0 Å². The molecule has 24 heavy (non-hydrogen) atoms. The van der Waals surface area contributed by atoms with Gasteiger partial charge in [0.1, 0.15) is 0 Å². The molecular weight excluding hydrogens is 318 g/mol. The molecule has 0 radical (unpaired) electrons. The van der Waals surface area contributed by atoms with Crippen molar-refractivity contribution in [2.24, 2.45) is 5.92 Å². The second-order valence-corrected chi connectivity index (χ2v) is 6.83. The van der Waals surface area contributed by atoms with Crippen molar-refractivity contribution < 1.29 is 4.79 Å². The van der Waals surface area contributed by atoms with E-state index >= 15 is 0 Å². The molecule has 126 valence electrons.